The van der Waals surface area contributed by atoms with E-state index in [1.807, 2.05) is 12.1 Å². The van der Waals surface area contributed by atoms with Crippen LogP contribution >= 0.6 is 50.5 Å². The predicted molar refractivity (Wildman–Crippen MR) is 79.7 cm³/mol. The average molecular weight is 368 g/mol. The van der Waals surface area contributed by atoms with Crippen molar-refractivity contribution in [3.05, 3.63) is 43.2 Å². The number of aliphatic hydroxyl groups is 1. The maximum Gasteiger partial charge on any atom is 0.119 e. The van der Waals surface area contributed by atoms with Crippen molar-refractivity contribution in [3.63, 3.8) is 0 Å². The summed E-state index contributed by atoms with van der Waals surface area (Å²) in [4.78, 5) is 4.15. The highest BCUT2D eigenvalue weighted by atomic mass is 79.9. The summed E-state index contributed by atoms with van der Waals surface area (Å²) >= 11 is 16.4. The minimum atomic E-state index is -0.282. The number of halogens is 3. The standard InChI is InChI=1S/C11H9BrCl2N2OS/c12-7-3-6(1-2-8(7)13)16-9(5-17)11-15-4-10(14)18-11/h1-4,9,16-17H,5H2. The number of aromatic nitrogens is 1. The third-order valence-electron chi connectivity index (χ3n) is 2.24. The fourth-order valence-electron chi connectivity index (χ4n) is 1.40. The number of nitrogens with one attached hydrogen (secondary N) is 1. The van der Waals surface area contributed by atoms with Crippen LogP contribution < -0.4 is 5.32 Å². The molecule has 2 aromatic rings. The molecule has 2 N–H and O–H groups in total. The highest BCUT2D eigenvalue weighted by Gasteiger charge is 2.14. The van der Waals surface area contributed by atoms with E-state index >= 15 is 0 Å². The number of rotatable bonds is 4. The van der Waals surface area contributed by atoms with Crippen molar-refractivity contribution in [1.82, 2.24) is 4.98 Å². The Kier molecular flexibility index (Phi) is 4.86. The van der Waals surface area contributed by atoms with E-state index in [4.69, 9.17) is 23.2 Å². The topological polar surface area (TPSA) is 45.1 Å². The zero-order valence-electron chi connectivity index (χ0n) is 9.03. The fourth-order valence-corrected chi connectivity index (χ4v) is 2.87. The number of thiazole rings is 1. The Balaban J connectivity index is 2.17. The lowest BCUT2D eigenvalue weighted by Crippen LogP contribution is -2.14. The van der Waals surface area contributed by atoms with E-state index in [0.717, 1.165) is 15.2 Å². The first-order valence-electron chi connectivity index (χ1n) is 5.04. The minimum Gasteiger partial charge on any atom is -0.394 e. The average Bonchev–Trinajstić information content (AvgIpc) is 2.77. The van der Waals surface area contributed by atoms with Crippen molar-refractivity contribution in [2.75, 3.05) is 11.9 Å². The van der Waals surface area contributed by atoms with Crippen molar-refractivity contribution >= 4 is 56.2 Å². The SMILES string of the molecule is OCC(Nc1ccc(Cl)c(Br)c1)c1ncc(Cl)s1. The van der Waals surface area contributed by atoms with Gasteiger partial charge in [0, 0.05) is 10.2 Å². The van der Waals surface area contributed by atoms with Gasteiger partial charge >= 0.3 is 0 Å². The molecule has 2 rings (SSSR count). The van der Waals surface area contributed by atoms with Crippen LogP contribution in [0, 0.1) is 0 Å². The van der Waals surface area contributed by atoms with Crippen molar-refractivity contribution in [2.45, 2.75) is 6.04 Å². The Hall–Kier alpha value is -0.330. The molecule has 1 unspecified atom stereocenters. The molecular weight excluding hydrogens is 359 g/mol. The highest BCUT2D eigenvalue weighted by molar-refractivity contribution is 9.10. The van der Waals surface area contributed by atoms with Gasteiger partial charge in [0.15, 0.2) is 0 Å². The van der Waals surface area contributed by atoms with Crippen LogP contribution in [0.1, 0.15) is 11.0 Å². The molecule has 1 aromatic carbocycles. The molecule has 0 aliphatic rings. The van der Waals surface area contributed by atoms with Gasteiger partial charge in [-0.3, -0.25) is 0 Å². The smallest absolute Gasteiger partial charge is 0.119 e. The van der Waals surface area contributed by atoms with Crippen LogP contribution in [0.2, 0.25) is 9.36 Å². The van der Waals surface area contributed by atoms with Crippen molar-refractivity contribution in [3.8, 4) is 0 Å². The summed E-state index contributed by atoms with van der Waals surface area (Å²) in [6, 6.07) is 5.18. The normalized spacial score (nSPS) is 12.4. The number of anilines is 1. The molecule has 1 heterocycles. The lowest BCUT2D eigenvalue weighted by atomic mass is 10.2. The van der Waals surface area contributed by atoms with Gasteiger partial charge in [0.1, 0.15) is 15.4 Å². The van der Waals surface area contributed by atoms with Gasteiger partial charge in [-0.15, -0.1) is 11.3 Å². The van der Waals surface area contributed by atoms with Crippen LogP contribution in [-0.2, 0) is 0 Å². The van der Waals surface area contributed by atoms with E-state index in [-0.39, 0.29) is 12.6 Å². The summed E-state index contributed by atoms with van der Waals surface area (Å²) in [5.41, 5.74) is 0.844. The molecule has 0 saturated carbocycles. The molecule has 7 heteroatoms. The molecule has 0 aliphatic carbocycles. The molecule has 1 aromatic heterocycles. The molecule has 0 bridgehead atoms. The van der Waals surface area contributed by atoms with Gasteiger partial charge < -0.3 is 10.4 Å². The van der Waals surface area contributed by atoms with Crippen LogP contribution in [0.5, 0.6) is 0 Å². The van der Waals surface area contributed by atoms with E-state index in [0.29, 0.717) is 9.36 Å². The largest absolute Gasteiger partial charge is 0.394 e. The summed E-state index contributed by atoms with van der Waals surface area (Å²) in [6.07, 6.45) is 1.57. The van der Waals surface area contributed by atoms with Gasteiger partial charge in [-0.1, -0.05) is 23.2 Å². The molecule has 3 nitrogen and oxygen atoms in total. The lowest BCUT2D eigenvalue weighted by Gasteiger charge is -2.15. The van der Waals surface area contributed by atoms with Crippen LogP contribution in [0.4, 0.5) is 5.69 Å². The van der Waals surface area contributed by atoms with Gasteiger partial charge in [-0.2, -0.15) is 0 Å². The number of hydrogen-bond acceptors (Lipinski definition) is 4. The van der Waals surface area contributed by atoms with Crippen LogP contribution in [0.25, 0.3) is 0 Å². The van der Waals surface area contributed by atoms with Gasteiger partial charge in [0.25, 0.3) is 0 Å². The second-order valence-corrected chi connectivity index (χ2v) is 6.47. The van der Waals surface area contributed by atoms with Gasteiger partial charge in [-0.25, -0.2) is 4.98 Å². The van der Waals surface area contributed by atoms with Crippen LogP contribution in [0.15, 0.2) is 28.9 Å². The first-order chi connectivity index (χ1) is 8.60. The predicted octanol–water partition coefficient (Wildman–Crippen LogP) is 4.36. The van der Waals surface area contributed by atoms with Gasteiger partial charge in [-0.05, 0) is 34.1 Å². The van der Waals surface area contributed by atoms with Crippen molar-refractivity contribution in [2.24, 2.45) is 0 Å². The molecule has 0 amide bonds. The summed E-state index contributed by atoms with van der Waals surface area (Å²) < 4.78 is 1.39. The minimum absolute atomic E-state index is 0.0654. The molecular formula is C11H9BrCl2N2OS. The van der Waals surface area contributed by atoms with Gasteiger partial charge in [0.05, 0.1) is 17.8 Å². The van der Waals surface area contributed by atoms with E-state index in [9.17, 15) is 5.11 Å². The molecule has 0 aliphatic heterocycles. The third-order valence-corrected chi connectivity index (χ3v) is 4.68. The summed E-state index contributed by atoms with van der Waals surface area (Å²) in [5, 5.41) is 14.0. The van der Waals surface area contributed by atoms with Crippen LogP contribution in [-0.4, -0.2) is 16.7 Å². The highest BCUT2D eigenvalue weighted by Crippen LogP contribution is 2.29. The maximum atomic E-state index is 9.40. The quantitative estimate of drug-likeness (QED) is 0.843. The fraction of sp³-hybridized carbons (Fsp3) is 0.182. The molecule has 1 atom stereocenters. The molecule has 0 radical (unpaired) electrons. The maximum absolute atomic E-state index is 9.40. The third kappa shape index (κ3) is 3.36. The summed E-state index contributed by atoms with van der Waals surface area (Å²) in [7, 11) is 0. The Morgan fingerprint density at radius 3 is 2.78 bits per heavy atom. The summed E-state index contributed by atoms with van der Waals surface area (Å²) in [6.45, 7) is -0.0654. The van der Waals surface area contributed by atoms with Crippen LogP contribution in [0.3, 0.4) is 0 Å². The Labute approximate surface area is 127 Å². The number of hydrogen-bond donors (Lipinski definition) is 2. The molecule has 18 heavy (non-hydrogen) atoms. The molecule has 0 fully saturated rings. The number of aliphatic hydroxyl groups excluding tert-OH is 1. The second-order valence-electron chi connectivity index (χ2n) is 3.51. The van der Waals surface area contributed by atoms with Crippen molar-refractivity contribution in [1.29, 1.82) is 0 Å². The zero-order chi connectivity index (χ0) is 13.1. The monoisotopic (exact) mass is 366 g/mol. The Morgan fingerprint density at radius 2 is 2.22 bits per heavy atom. The first-order valence-corrected chi connectivity index (χ1v) is 7.40. The van der Waals surface area contributed by atoms with E-state index in [1.165, 1.54) is 11.3 Å². The second kappa shape index (κ2) is 6.21. The van der Waals surface area contributed by atoms with E-state index < -0.39 is 0 Å². The first kappa shape index (κ1) is 14.1. The van der Waals surface area contributed by atoms with E-state index in [2.05, 4.69) is 26.2 Å². The van der Waals surface area contributed by atoms with E-state index in [1.54, 1.807) is 12.3 Å². The molecule has 96 valence electrons. The zero-order valence-corrected chi connectivity index (χ0v) is 12.9. The van der Waals surface area contributed by atoms with Crippen molar-refractivity contribution < 1.29 is 5.11 Å². The summed E-state index contributed by atoms with van der Waals surface area (Å²) in [5.74, 6) is 0. The molecule has 0 spiro atoms. The number of benzene rings is 1. The number of nitrogens with zero attached hydrogens (tertiary/aromatic N) is 1. The molecule has 0 saturated heterocycles. The lowest BCUT2D eigenvalue weighted by molar-refractivity contribution is 0.276. The Morgan fingerprint density at radius 1 is 1.44 bits per heavy atom. The van der Waals surface area contributed by atoms with Gasteiger partial charge in [0.2, 0.25) is 0 Å². The Bertz CT molecular complexity index is 550.